The van der Waals surface area contributed by atoms with Crippen molar-refractivity contribution < 1.29 is 29.6 Å². The molecule has 2 N–H and O–H groups in total. The smallest absolute Gasteiger partial charge is 0.337 e. The van der Waals surface area contributed by atoms with Crippen molar-refractivity contribution in [2.45, 2.75) is 39.2 Å². The van der Waals surface area contributed by atoms with Gasteiger partial charge in [0.25, 0.3) is 0 Å². The highest BCUT2D eigenvalue weighted by Crippen LogP contribution is 2.29. The molecule has 0 bridgehead atoms. The summed E-state index contributed by atoms with van der Waals surface area (Å²) >= 11 is 0. The Kier molecular flexibility index (Phi) is 5.70. The number of hydrogen-bond donors (Lipinski definition) is 2. The van der Waals surface area contributed by atoms with E-state index in [-0.39, 0.29) is 28.9 Å². The van der Waals surface area contributed by atoms with Crippen molar-refractivity contribution in [3.8, 4) is 5.75 Å². The Morgan fingerprint density at radius 1 is 1.27 bits per heavy atom. The Morgan fingerprint density at radius 3 is 2.36 bits per heavy atom. The van der Waals surface area contributed by atoms with Gasteiger partial charge in [-0.25, -0.2) is 9.59 Å². The Bertz CT molecular complexity index is 589. The summed E-state index contributed by atoms with van der Waals surface area (Å²) in [5, 5.41) is 18.5. The van der Waals surface area contributed by atoms with E-state index in [2.05, 4.69) is 6.58 Å². The van der Waals surface area contributed by atoms with Crippen molar-refractivity contribution in [3.63, 3.8) is 0 Å². The van der Waals surface area contributed by atoms with Crippen LogP contribution in [0.3, 0.4) is 0 Å². The van der Waals surface area contributed by atoms with Crippen LogP contribution in [0, 0.1) is 0 Å². The molecule has 1 rings (SSSR count). The van der Waals surface area contributed by atoms with Gasteiger partial charge in [-0.05, 0) is 38.8 Å². The van der Waals surface area contributed by atoms with Gasteiger partial charge in [0.2, 0.25) is 0 Å². The molecule has 6 nitrogen and oxygen atoms in total. The molecule has 1 aromatic rings. The number of allylic oxidation sites excluding steroid dienone is 1. The maximum absolute atomic E-state index is 11.4. The third-order valence-electron chi connectivity index (χ3n) is 3.27. The van der Waals surface area contributed by atoms with Gasteiger partial charge in [0.05, 0.1) is 11.1 Å². The summed E-state index contributed by atoms with van der Waals surface area (Å²) in [5.74, 6) is -2.48. The van der Waals surface area contributed by atoms with Crippen LogP contribution in [-0.4, -0.2) is 27.8 Å². The molecule has 6 heteroatoms. The van der Waals surface area contributed by atoms with Gasteiger partial charge in [-0.3, -0.25) is 0 Å². The van der Waals surface area contributed by atoms with Gasteiger partial charge >= 0.3 is 11.9 Å². The highest BCUT2D eigenvalue weighted by atomic mass is 17.2. The van der Waals surface area contributed by atoms with E-state index >= 15 is 0 Å². The lowest BCUT2D eigenvalue weighted by atomic mass is 9.97. The molecule has 22 heavy (non-hydrogen) atoms. The second kappa shape index (κ2) is 7.09. The third kappa shape index (κ3) is 4.08. The highest BCUT2D eigenvalue weighted by Gasteiger charge is 2.25. The van der Waals surface area contributed by atoms with Crippen molar-refractivity contribution in [2.75, 3.05) is 0 Å². The summed E-state index contributed by atoms with van der Waals surface area (Å²) in [6, 6.07) is 2.58. The molecule has 0 radical (unpaired) electrons. The van der Waals surface area contributed by atoms with Crippen molar-refractivity contribution in [2.24, 2.45) is 0 Å². The topological polar surface area (TPSA) is 93.1 Å². The Balaban J connectivity index is 3.34. The lowest BCUT2D eigenvalue weighted by Gasteiger charge is -2.23. The van der Waals surface area contributed by atoms with Crippen LogP contribution in [0.1, 0.15) is 53.5 Å². The molecule has 0 aromatic heterocycles. The maximum Gasteiger partial charge on any atom is 0.337 e. The van der Waals surface area contributed by atoms with Crippen LogP contribution >= 0.6 is 0 Å². The number of rotatable bonds is 8. The van der Waals surface area contributed by atoms with E-state index in [1.807, 2.05) is 20.8 Å². The standard InChI is InChI=1S/C16H20O6/c1-5-7-10-12(21-22-16(3,4)6-2)9-8-11(14(17)18)13(10)15(19)20/h5,8-9H,1,6-7H2,2-4H3,(H,17,18)(H,19,20). The SMILES string of the molecule is C=CCc1c(OOC(C)(C)CC)ccc(C(=O)O)c1C(=O)O. The summed E-state index contributed by atoms with van der Waals surface area (Å²) in [7, 11) is 0. The minimum absolute atomic E-state index is 0.147. The zero-order valence-corrected chi connectivity index (χ0v) is 12.9. The lowest BCUT2D eigenvalue weighted by molar-refractivity contribution is -0.281. The molecule has 0 aliphatic rings. The van der Waals surface area contributed by atoms with Crippen LogP contribution < -0.4 is 4.89 Å². The molecule has 0 saturated heterocycles. The molecular weight excluding hydrogens is 288 g/mol. The second-order valence-electron chi connectivity index (χ2n) is 5.35. The Labute approximate surface area is 128 Å². The van der Waals surface area contributed by atoms with Gasteiger partial charge in [0, 0.05) is 5.56 Å². The number of benzene rings is 1. The van der Waals surface area contributed by atoms with E-state index in [4.69, 9.17) is 14.9 Å². The van der Waals surface area contributed by atoms with E-state index in [9.17, 15) is 14.7 Å². The minimum Gasteiger partial charge on any atom is -0.478 e. The zero-order valence-electron chi connectivity index (χ0n) is 12.9. The predicted molar refractivity (Wildman–Crippen MR) is 80.3 cm³/mol. The summed E-state index contributed by atoms with van der Waals surface area (Å²) in [5.41, 5.74) is -0.955. The van der Waals surface area contributed by atoms with E-state index in [1.54, 1.807) is 0 Å². The molecule has 120 valence electrons. The van der Waals surface area contributed by atoms with Crippen LogP contribution in [0.5, 0.6) is 5.75 Å². The van der Waals surface area contributed by atoms with E-state index in [1.165, 1.54) is 18.2 Å². The van der Waals surface area contributed by atoms with Gasteiger partial charge in [0.1, 0.15) is 5.60 Å². The minimum atomic E-state index is -1.34. The normalized spacial score (nSPS) is 11.0. The molecule has 0 spiro atoms. The van der Waals surface area contributed by atoms with Crippen molar-refractivity contribution in [1.82, 2.24) is 0 Å². The van der Waals surface area contributed by atoms with Gasteiger partial charge in [-0.1, -0.05) is 13.0 Å². The van der Waals surface area contributed by atoms with Crippen LogP contribution in [0.2, 0.25) is 0 Å². The van der Waals surface area contributed by atoms with Crippen molar-refractivity contribution in [3.05, 3.63) is 41.5 Å². The largest absolute Gasteiger partial charge is 0.478 e. The molecule has 0 saturated carbocycles. The first-order valence-corrected chi connectivity index (χ1v) is 6.82. The van der Waals surface area contributed by atoms with E-state index in [0.29, 0.717) is 6.42 Å². The average molecular weight is 308 g/mol. The first-order chi connectivity index (χ1) is 10.2. The monoisotopic (exact) mass is 308 g/mol. The summed E-state index contributed by atoms with van der Waals surface area (Å²) in [6.07, 6.45) is 2.31. The Morgan fingerprint density at radius 2 is 1.91 bits per heavy atom. The van der Waals surface area contributed by atoms with Crippen LogP contribution in [0.25, 0.3) is 0 Å². The molecule has 1 aromatic carbocycles. The fourth-order valence-corrected chi connectivity index (χ4v) is 1.69. The van der Waals surface area contributed by atoms with Crippen LogP contribution in [-0.2, 0) is 11.3 Å². The van der Waals surface area contributed by atoms with Gasteiger partial charge in [0.15, 0.2) is 5.75 Å². The third-order valence-corrected chi connectivity index (χ3v) is 3.27. The number of aromatic carboxylic acids is 2. The number of hydrogen-bond acceptors (Lipinski definition) is 4. The molecule has 0 fully saturated rings. The molecule has 0 atom stereocenters. The van der Waals surface area contributed by atoms with Gasteiger partial charge in [-0.2, -0.15) is 4.89 Å². The fraction of sp³-hybridized carbons (Fsp3) is 0.375. The van der Waals surface area contributed by atoms with Crippen molar-refractivity contribution >= 4 is 11.9 Å². The molecule has 0 amide bonds. The predicted octanol–water partition coefficient (Wildman–Crippen LogP) is 3.31. The summed E-state index contributed by atoms with van der Waals surface area (Å²) < 4.78 is 0. The first kappa shape index (κ1) is 17.7. The number of carbonyl (C=O) groups is 2. The van der Waals surface area contributed by atoms with Gasteiger partial charge in [-0.15, -0.1) is 6.58 Å². The number of carboxylic acids is 2. The first-order valence-electron chi connectivity index (χ1n) is 6.82. The Hall–Kier alpha value is -2.34. The molecule has 0 heterocycles. The second-order valence-corrected chi connectivity index (χ2v) is 5.35. The van der Waals surface area contributed by atoms with E-state index < -0.39 is 17.5 Å². The summed E-state index contributed by atoms with van der Waals surface area (Å²) in [6.45, 7) is 9.13. The maximum atomic E-state index is 11.4. The fourth-order valence-electron chi connectivity index (χ4n) is 1.69. The molecule has 0 aliphatic heterocycles. The van der Waals surface area contributed by atoms with E-state index in [0.717, 1.165) is 0 Å². The lowest BCUT2D eigenvalue weighted by Crippen LogP contribution is -2.25. The zero-order chi connectivity index (χ0) is 16.9. The molecular formula is C16H20O6. The number of carboxylic acid groups (broad SMARTS) is 2. The van der Waals surface area contributed by atoms with Crippen LogP contribution in [0.15, 0.2) is 24.8 Å². The molecule has 0 unspecified atom stereocenters. The van der Waals surface area contributed by atoms with Gasteiger partial charge < -0.3 is 15.1 Å². The summed E-state index contributed by atoms with van der Waals surface area (Å²) in [4.78, 5) is 33.2. The quantitative estimate of drug-likeness (QED) is 0.435. The molecule has 0 aliphatic carbocycles. The average Bonchev–Trinajstić information content (AvgIpc) is 2.45. The van der Waals surface area contributed by atoms with Crippen LogP contribution in [0.4, 0.5) is 0 Å². The van der Waals surface area contributed by atoms with Crippen molar-refractivity contribution in [1.29, 1.82) is 0 Å². The highest BCUT2D eigenvalue weighted by molar-refractivity contribution is 6.03.